The van der Waals surface area contributed by atoms with Crippen molar-refractivity contribution in [2.45, 2.75) is 13.8 Å². The van der Waals surface area contributed by atoms with Gasteiger partial charge in [-0.1, -0.05) is 60.1 Å². The van der Waals surface area contributed by atoms with Gasteiger partial charge in [-0.15, -0.1) is 0 Å². The van der Waals surface area contributed by atoms with E-state index in [0.29, 0.717) is 5.56 Å². The second-order valence-electron chi connectivity index (χ2n) is 5.00. The highest BCUT2D eigenvalue weighted by atomic mass is 79.9. The first-order valence-electron chi connectivity index (χ1n) is 8.20. The van der Waals surface area contributed by atoms with Gasteiger partial charge in [-0.05, 0) is 48.5 Å². The van der Waals surface area contributed by atoms with Gasteiger partial charge in [0.1, 0.15) is 0 Å². The predicted molar refractivity (Wildman–Crippen MR) is 110 cm³/mol. The molecule has 0 heterocycles. The van der Waals surface area contributed by atoms with Crippen molar-refractivity contribution in [1.29, 1.82) is 0 Å². The highest BCUT2D eigenvalue weighted by Crippen LogP contribution is 2.25. The molecular formula is C21H21BrN2O. The SMILES string of the molecule is CC.O=C(Nc1ccccc1Nc1ccccc1)c1ccc(Br)cc1. The molecule has 1 amide bonds. The lowest BCUT2D eigenvalue weighted by Crippen LogP contribution is -2.12. The van der Waals surface area contributed by atoms with Crippen LogP contribution in [0.3, 0.4) is 0 Å². The molecule has 2 N–H and O–H groups in total. The molecule has 0 bridgehead atoms. The van der Waals surface area contributed by atoms with Crippen LogP contribution in [0.1, 0.15) is 24.2 Å². The summed E-state index contributed by atoms with van der Waals surface area (Å²) in [7, 11) is 0. The zero-order chi connectivity index (χ0) is 18.1. The third kappa shape index (κ3) is 5.47. The fourth-order valence-electron chi connectivity index (χ4n) is 2.17. The van der Waals surface area contributed by atoms with Gasteiger partial charge < -0.3 is 10.6 Å². The number of carbonyl (C=O) groups is 1. The Hall–Kier alpha value is -2.59. The maximum absolute atomic E-state index is 12.4. The van der Waals surface area contributed by atoms with Crippen LogP contribution in [0.15, 0.2) is 83.3 Å². The Labute approximate surface area is 157 Å². The second-order valence-corrected chi connectivity index (χ2v) is 5.91. The molecule has 128 valence electrons. The molecule has 3 aromatic carbocycles. The first-order chi connectivity index (χ1) is 12.2. The van der Waals surface area contributed by atoms with E-state index >= 15 is 0 Å². The molecule has 0 saturated carbocycles. The van der Waals surface area contributed by atoms with E-state index in [4.69, 9.17) is 0 Å². The number of hydrogen-bond donors (Lipinski definition) is 2. The van der Waals surface area contributed by atoms with Crippen molar-refractivity contribution in [2.75, 3.05) is 10.6 Å². The number of carbonyl (C=O) groups excluding carboxylic acids is 1. The normalized spacial score (nSPS) is 9.56. The number of rotatable bonds is 4. The highest BCUT2D eigenvalue weighted by Gasteiger charge is 2.09. The number of amides is 1. The van der Waals surface area contributed by atoms with Gasteiger partial charge in [-0.3, -0.25) is 4.79 Å². The van der Waals surface area contributed by atoms with Gasteiger partial charge in [0.25, 0.3) is 5.91 Å². The molecule has 0 radical (unpaired) electrons. The highest BCUT2D eigenvalue weighted by molar-refractivity contribution is 9.10. The molecule has 0 aliphatic heterocycles. The molecule has 0 spiro atoms. The van der Waals surface area contributed by atoms with Crippen LogP contribution >= 0.6 is 15.9 Å². The Morgan fingerprint density at radius 3 is 1.96 bits per heavy atom. The summed E-state index contributed by atoms with van der Waals surface area (Å²) < 4.78 is 0.945. The summed E-state index contributed by atoms with van der Waals surface area (Å²) in [4.78, 5) is 12.4. The molecule has 3 aromatic rings. The zero-order valence-corrected chi connectivity index (χ0v) is 15.9. The third-order valence-electron chi connectivity index (χ3n) is 3.33. The molecule has 0 aliphatic carbocycles. The predicted octanol–water partition coefficient (Wildman–Crippen LogP) is 6.47. The minimum atomic E-state index is -0.139. The first-order valence-corrected chi connectivity index (χ1v) is 9.00. The molecule has 3 nitrogen and oxygen atoms in total. The van der Waals surface area contributed by atoms with E-state index < -0.39 is 0 Å². The van der Waals surface area contributed by atoms with E-state index in [9.17, 15) is 4.79 Å². The van der Waals surface area contributed by atoms with E-state index in [1.165, 1.54) is 0 Å². The van der Waals surface area contributed by atoms with Crippen molar-refractivity contribution in [3.05, 3.63) is 88.9 Å². The third-order valence-corrected chi connectivity index (χ3v) is 3.86. The van der Waals surface area contributed by atoms with Crippen LogP contribution in [-0.4, -0.2) is 5.91 Å². The van der Waals surface area contributed by atoms with E-state index in [1.807, 2.05) is 80.6 Å². The molecule has 0 unspecified atom stereocenters. The Kier molecular flexibility index (Phi) is 7.23. The summed E-state index contributed by atoms with van der Waals surface area (Å²) in [6.45, 7) is 4.00. The number of para-hydroxylation sites is 3. The quantitative estimate of drug-likeness (QED) is 0.530. The average Bonchev–Trinajstić information content (AvgIpc) is 2.66. The van der Waals surface area contributed by atoms with Crippen LogP contribution in [-0.2, 0) is 0 Å². The molecule has 0 fully saturated rings. The molecule has 0 atom stereocenters. The van der Waals surface area contributed by atoms with Crippen LogP contribution in [0.4, 0.5) is 17.1 Å². The lowest BCUT2D eigenvalue weighted by atomic mass is 10.2. The van der Waals surface area contributed by atoms with Gasteiger partial charge in [0.2, 0.25) is 0 Å². The summed E-state index contributed by atoms with van der Waals surface area (Å²) in [5, 5.41) is 6.27. The van der Waals surface area contributed by atoms with Crippen molar-refractivity contribution in [2.24, 2.45) is 0 Å². The summed E-state index contributed by atoms with van der Waals surface area (Å²) in [6, 6.07) is 24.8. The average molecular weight is 397 g/mol. The van der Waals surface area contributed by atoms with Gasteiger partial charge in [-0.25, -0.2) is 0 Å². The summed E-state index contributed by atoms with van der Waals surface area (Å²) in [5.41, 5.74) is 3.17. The monoisotopic (exact) mass is 396 g/mol. The Morgan fingerprint density at radius 2 is 1.32 bits per heavy atom. The van der Waals surface area contributed by atoms with Crippen molar-refractivity contribution in [1.82, 2.24) is 0 Å². The van der Waals surface area contributed by atoms with Crippen LogP contribution in [0.25, 0.3) is 0 Å². The number of benzene rings is 3. The molecular weight excluding hydrogens is 376 g/mol. The maximum Gasteiger partial charge on any atom is 0.255 e. The lowest BCUT2D eigenvalue weighted by molar-refractivity contribution is 0.102. The summed E-state index contributed by atoms with van der Waals surface area (Å²) in [5.74, 6) is -0.139. The minimum absolute atomic E-state index is 0.139. The summed E-state index contributed by atoms with van der Waals surface area (Å²) >= 11 is 3.37. The van der Waals surface area contributed by atoms with Gasteiger partial charge in [-0.2, -0.15) is 0 Å². The summed E-state index contributed by atoms with van der Waals surface area (Å²) in [6.07, 6.45) is 0. The van der Waals surface area contributed by atoms with Crippen LogP contribution in [0.2, 0.25) is 0 Å². The van der Waals surface area contributed by atoms with Gasteiger partial charge in [0.05, 0.1) is 11.4 Å². The smallest absolute Gasteiger partial charge is 0.255 e. The largest absolute Gasteiger partial charge is 0.354 e. The topological polar surface area (TPSA) is 41.1 Å². The molecule has 0 aliphatic rings. The van der Waals surface area contributed by atoms with E-state index in [0.717, 1.165) is 21.5 Å². The molecule has 3 rings (SSSR count). The number of nitrogens with one attached hydrogen (secondary N) is 2. The maximum atomic E-state index is 12.4. The molecule has 4 heteroatoms. The van der Waals surface area contributed by atoms with Gasteiger partial charge >= 0.3 is 0 Å². The van der Waals surface area contributed by atoms with Crippen molar-refractivity contribution in [3.8, 4) is 0 Å². The van der Waals surface area contributed by atoms with E-state index in [2.05, 4.69) is 26.6 Å². The zero-order valence-electron chi connectivity index (χ0n) is 14.3. The fraction of sp³-hybridized carbons (Fsp3) is 0.0952. The minimum Gasteiger partial charge on any atom is -0.354 e. The van der Waals surface area contributed by atoms with Gasteiger partial charge in [0, 0.05) is 15.7 Å². The van der Waals surface area contributed by atoms with Gasteiger partial charge in [0.15, 0.2) is 0 Å². The van der Waals surface area contributed by atoms with Crippen molar-refractivity contribution < 1.29 is 4.79 Å². The first kappa shape index (κ1) is 18.7. The number of halogens is 1. The van der Waals surface area contributed by atoms with Crippen molar-refractivity contribution in [3.63, 3.8) is 0 Å². The van der Waals surface area contributed by atoms with E-state index in [-0.39, 0.29) is 5.91 Å². The standard InChI is InChI=1S/C19H15BrN2O.C2H6/c20-15-12-10-14(11-13-15)19(23)22-18-9-5-4-8-17(18)21-16-6-2-1-3-7-16;1-2/h1-13,21H,(H,22,23);1-2H3. The Bertz CT molecular complexity index is 802. The molecule has 0 saturated heterocycles. The molecule has 25 heavy (non-hydrogen) atoms. The van der Waals surface area contributed by atoms with E-state index in [1.54, 1.807) is 12.1 Å². The van der Waals surface area contributed by atoms with Crippen LogP contribution < -0.4 is 10.6 Å². The number of anilines is 3. The second kappa shape index (κ2) is 9.64. The number of hydrogen-bond acceptors (Lipinski definition) is 2. The lowest BCUT2D eigenvalue weighted by Gasteiger charge is -2.13. The van der Waals surface area contributed by atoms with Crippen LogP contribution in [0, 0.1) is 0 Å². The molecule has 0 aromatic heterocycles. The Morgan fingerprint density at radius 1 is 0.760 bits per heavy atom. The van der Waals surface area contributed by atoms with Crippen LogP contribution in [0.5, 0.6) is 0 Å². The Balaban J connectivity index is 0.00000109. The fourth-order valence-corrected chi connectivity index (χ4v) is 2.44. The van der Waals surface area contributed by atoms with Crippen molar-refractivity contribution >= 4 is 38.9 Å².